The van der Waals surface area contributed by atoms with Crippen LogP contribution in [0, 0.1) is 0 Å². The van der Waals surface area contributed by atoms with Gasteiger partial charge in [0.25, 0.3) is 0 Å². The highest BCUT2D eigenvalue weighted by Gasteiger charge is 2.02. The maximum Gasteiger partial charge on any atom is 0.193 e. The van der Waals surface area contributed by atoms with Crippen LogP contribution < -0.4 is 10.6 Å². The fourth-order valence-electron chi connectivity index (χ4n) is 2.11. The second-order valence-electron chi connectivity index (χ2n) is 5.01. The van der Waals surface area contributed by atoms with Gasteiger partial charge in [0.2, 0.25) is 0 Å². The molecule has 0 aliphatic heterocycles. The highest BCUT2D eigenvalue weighted by atomic mass is 127. The van der Waals surface area contributed by atoms with Crippen LogP contribution in [0.15, 0.2) is 22.8 Å². The standard InChI is InChI=1S/C15H25N5S.HI/c1-3-5-6-7-8-17-14(16-4-2)18-11-13-12-20-9-10-21-15(20)19-13;/h9-10,12H,3-8,11H2,1-2H3,(H2,16,17,18);1H. The van der Waals surface area contributed by atoms with Gasteiger partial charge in [0.05, 0.1) is 12.2 Å². The molecule has 0 radical (unpaired) electrons. The first kappa shape index (κ1) is 19.2. The average Bonchev–Trinajstić information content (AvgIpc) is 3.05. The first-order chi connectivity index (χ1) is 10.3. The molecule has 22 heavy (non-hydrogen) atoms. The Morgan fingerprint density at radius 3 is 2.86 bits per heavy atom. The molecule has 0 saturated heterocycles. The number of aliphatic imine (C=N–C) groups is 1. The first-order valence-electron chi connectivity index (χ1n) is 7.76. The quantitative estimate of drug-likeness (QED) is 0.288. The van der Waals surface area contributed by atoms with Crippen molar-refractivity contribution >= 4 is 46.2 Å². The van der Waals surface area contributed by atoms with E-state index in [9.17, 15) is 0 Å². The van der Waals surface area contributed by atoms with E-state index in [-0.39, 0.29) is 24.0 Å². The molecule has 0 aliphatic rings. The van der Waals surface area contributed by atoms with Crippen LogP contribution in [0.1, 0.15) is 45.2 Å². The lowest BCUT2D eigenvalue weighted by Crippen LogP contribution is -2.37. The van der Waals surface area contributed by atoms with E-state index in [0.717, 1.165) is 29.7 Å². The van der Waals surface area contributed by atoms with Gasteiger partial charge in [-0.25, -0.2) is 9.98 Å². The third kappa shape index (κ3) is 6.12. The van der Waals surface area contributed by atoms with E-state index in [4.69, 9.17) is 0 Å². The van der Waals surface area contributed by atoms with Crippen LogP contribution >= 0.6 is 35.3 Å². The fraction of sp³-hybridized carbons (Fsp3) is 0.600. The second-order valence-corrected chi connectivity index (χ2v) is 5.88. The van der Waals surface area contributed by atoms with E-state index >= 15 is 0 Å². The third-order valence-electron chi connectivity index (χ3n) is 3.21. The van der Waals surface area contributed by atoms with Gasteiger partial charge in [-0.15, -0.1) is 35.3 Å². The number of halogens is 1. The summed E-state index contributed by atoms with van der Waals surface area (Å²) in [4.78, 5) is 10.2. The first-order valence-corrected chi connectivity index (χ1v) is 8.64. The highest BCUT2D eigenvalue weighted by Crippen LogP contribution is 2.11. The van der Waals surface area contributed by atoms with Gasteiger partial charge in [0, 0.05) is 30.9 Å². The van der Waals surface area contributed by atoms with Crippen LogP contribution in [0.2, 0.25) is 0 Å². The molecule has 0 aliphatic carbocycles. The minimum Gasteiger partial charge on any atom is -0.357 e. The van der Waals surface area contributed by atoms with Crippen molar-refractivity contribution in [3.8, 4) is 0 Å². The SMILES string of the molecule is CCCCCCNC(=NCc1cn2ccsc2n1)NCC.I. The topological polar surface area (TPSA) is 53.7 Å². The smallest absolute Gasteiger partial charge is 0.193 e. The van der Waals surface area contributed by atoms with Gasteiger partial charge in [-0.1, -0.05) is 26.2 Å². The Kier molecular flexibility index (Phi) is 9.45. The van der Waals surface area contributed by atoms with Gasteiger partial charge in [0.1, 0.15) is 0 Å². The molecule has 0 amide bonds. The number of nitrogens with zero attached hydrogens (tertiary/aromatic N) is 3. The monoisotopic (exact) mass is 435 g/mol. The zero-order valence-corrected chi connectivity index (χ0v) is 16.5. The van der Waals surface area contributed by atoms with Crippen molar-refractivity contribution in [2.75, 3.05) is 13.1 Å². The summed E-state index contributed by atoms with van der Waals surface area (Å²) in [6, 6.07) is 0. The van der Waals surface area contributed by atoms with E-state index in [0.29, 0.717) is 6.54 Å². The lowest BCUT2D eigenvalue weighted by molar-refractivity contribution is 0.647. The van der Waals surface area contributed by atoms with Crippen molar-refractivity contribution in [2.45, 2.75) is 46.1 Å². The minimum absolute atomic E-state index is 0. The molecule has 0 aromatic carbocycles. The van der Waals surface area contributed by atoms with Crippen molar-refractivity contribution in [1.29, 1.82) is 0 Å². The van der Waals surface area contributed by atoms with Gasteiger partial charge in [0.15, 0.2) is 10.9 Å². The number of hydrogen-bond acceptors (Lipinski definition) is 3. The van der Waals surface area contributed by atoms with Gasteiger partial charge < -0.3 is 10.6 Å². The largest absolute Gasteiger partial charge is 0.357 e. The molecule has 2 heterocycles. The number of hydrogen-bond donors (Lipinski definition) is 2. The zero-order valence-electron chi connectivity index (χ0n) is 13.3. The summed E-state index contributed by atoms with van der Waals surface area (Å²) in [7, 11) is 0. The molecule has 0 fully saturated rings. The van der Waals surface area contributed by atoms with Gasteiger partial charge in [-0.05, 0) is 13.3 Å². The Hall–Kier alpha value is -0.830. The molecule has 2 aromatic heterocycles. The summed E-state index contributed by atoms with van der Waals surface area (Å²) in [5.41, 5.74) is 1.00. The Morgan fingerprint density at radius 1 is 1.27 bits per heavy atom. The van der Waals surface area contributed by atoms with Crippen LogP contribution in [0.5, 0.6) is 0 Å². The van der Waals surface area contributed by atoms with Gasteiger partial charge in [-0.2, -0.15) is 0 Å². The predicted molar refractivity (Wildman–Crippen MR) is 105 cm³/mol. The molecule has 0 saturated carbocycles. The molecule has 2 aromatic rings. The molecule has 0 bridgehead atoms. The number of imidazole rings is 1. The van der Waals surface area contributed by atoms with Crippen molar-refractivity contribution in [3.05, 3.63) is 23.5 Å². The zero-order chi connectivity index (χ0) is 14.9. The number of unbranched alkanes of at least 4 members (excludes halogenated alkanes) is 3. The molecular weight excluding hydrogens is 409 g/mol. The lowest BCUT2D eigenvalue weighted by Gasteiger charge is -2.10. The van der Waals surface area contributed by atoms with Crippen LogP contribution in [-0.4, -0.2) is 28.4 Å². The number of fused-ring (bicyclic) bond motifs is 1. The van der Waals surface area contributed by atoms with Crippen molar-refractivity contribution in [2.24, 2.45) is 4.99 Å². The molecular formula is C15H26IN5S. The molecule has 0 spiro atoms. The number of nitrogens with one attached hydrogen (secondary N) is 2. The fourth-order valence-corrected chi connectivity index (χ4v) is 2.83. The summed E-state index contributed by atoms with van der Waals surface area (Å²) in [6.45, 7) is 6.78. The van der Waals surface area contributed by atoms with Crippen molar-refractivity contribution in [1.82, 2.24) is 20.0 Å². The highest BCUT2D eigenvalue weighted by molar-refractivity contribution is 14.0. The number of rotatable bonds is 8. The third-order valence-corrected chi connectivity index (χ3v) is 3.98. The van der Waals surface area contributed by atoms with Crippen LogP contribution in [0.25, 0.3) is 4.96 Å². The summed E-state index contributed by atoms with van der Waals surface area (Å²) in [5, 5.41) is 8.70. The van der Waals surface area contributed by atoms with E-state index in [1.807, 2.05) is 22.2 Å². The second kappa shape index (κ2) is 10.8. The Balaban J connectivity index is 0.00000242. The lowest BCUT2D eigenvalue weighted by atomic mass is 10.2. The van der Waals surface area contributed by atoms with Crippen molar-refractivity contribution < 1.29 is 0 Å². The molecule has 7 heteroatoms. The maximum absolute atomic E-state index is 4.60. The van der Waals surface area contributed by atoms with Crippen LogP contribution in [-0.2, 0) is 6.54 Å². The summed E-state index contributed by atoms with van der Waals surface area (Å²) in [6.07, 6.45) is 9.11. The van der Waals surface area contributed by atoms with Crippen LogP contribution in [0.4, 0.5) is 0 Å². The molecule has 124 valence electrons. The van der Waals surface area contributed by atoms with Gasteiger partial charge in [-0.3, -0.25) is 4.40 Å². The predicted octanol–water partition coefficient (Wildman–Crippen LogP) is 3.65. The number of aromatic nitrogens is 2. The Morgan fingerprint density at radius 2 is 2.14 bits per heavy atom. The van der Waals surface area contributed by atoms with Crippen molar-refractivity contribution in [3.63, 3.8) is 0 Å². The van der Waals surface area contributed by atoms with E-state index < -0.39 is 0 Å². The summed E-state index contributed by atoms with van der Waals surface area (Å²) < 4.78 is 2.04. The Bertz CT molecular complexity index is 535. The number of thiazole rings is 1. The van der Waals surface area contributed by atoms with E-state index in [2.05, 4.69) is 34.5 Å². The van der Waals surface area contributed by atoms with Crippen LogP contribution in [0.3, 0.4) is 0 Å². The van der Waals surface area contributed by atoms with Gasteiger partial charge >= 0.3 is 0 Å². The summed E-state index contributed by atoms with van der Waals surface area (Å²) >= 11 is 1.65. The maximum atomic E-state index is 4.60. The molecule has 5 nitrogen and oxygen atoms in total. The normalized spacial score (nSPS) is 11.5. The van der Waals surface area contributed by atoms with E-state index in [1.54, 1.807) is 11.3 Å². The Labute approximate surface area is 153 Å². The molecule has 0 unspecified atom stereocenters. The molecule has 2 rings (SSSR count). The molecule has 0 atom stereocenters. The molecule has 2 N–H and O–H groups in total. The summed E-state index contributed by atoms with van der Waals surface area (Å²) in [5.74, 6) is 0.880. The van der Waals surface area contributed by atoms with E-state index in [1.165, 1.54) is 25.7 Å². The minimum atomic E-state index is 0. The number of guanidine groups is 1. The average molecular weight is 435 g/mol.